The summed E-state index contributed by atoms with van der Waals surface area (Å²) in [6.45, 7) is 3.58. The first-order chi connectivity index (χ1) is 12.1. The van der Waals surface area contributed by atoms with E-state index in [1.54, 1.807) is 13.8 Å². The van der Waals surface area contributed by atoms with Crippen LogP contribution in [0, 0.1) is 11.3 Å². The molecule has 0 fully saturated rings. The Kier molecular flexibility index (Phi) is 9.26. The number of rotatable bonds is 13. The Morgan fingerprint density at radius 2 is 1.35 bits per heavy atom. The molecule has 0 aromatic heterocycles. The highest BCUT2D eigenvalue weighted by Gasteiger charge is 2.69. The van der Waals surface area contributed by atoms with E-state index in [1.807, 2.05) is 0 Å². The van der Waals surface area contributed by atoms with Crippen LogP contribution in [0.1, 0.15) is 52.4 Å². The Morgan fingerprint density at radius 1 is 0.885 bits per heavy atom. The standard InChI is InChI=1S/C17H28O9/c1-5-7-9-16(14(21)22,10-8-6-2)17(26-4,15(23)24)11(12(18)19)13(20)25-3/h11H,5-10H2,1-4H3,(H,18,19)(H,21,22)(H,23,24). The summed E-state index contributed by atoms with van der Waals surface area (Å²) in [5, 5.41) is 29.4. The lowest BCUT2D eigenvalue weighted by molar-refractivity contribution is -0.217. The Hall–Kier alpha value is -2.16. The first-order valence-corrected chi connectivity index (χ1v) is 8.45. The molecule has 0 saturated carbocycles. The Balaban J connectivity index is 6.88. The van der Waals surface area contributed by atoms with Gasteiger partial charge in [0.15, 0.2) is 5.92 Å². The highest BCUT2D eigenvalue weighted by Crippen LogP contribution is 2.49. The van der Waals surface area contributed by atoms with Crippen molar-refractivity contribution >= 4 is 23.9 Å². The van der Waals surface area contributed by atoms with Crippen molar-refractivity contribution in [2.24, 2.45) is 11.3 Å². The minimum atomic E-state index is -2.82. The summed E-state index contributed by atoms with van der Waals surface area (Å²) in [7, 11) is 1.81. The molecule has 0 aliphatic rings. The zero-order valence-electron chi connectivity index (χ0n) is 15.6. The lowest BCUT2D eigenvalue weighted by Gasteiger charge is -2.46. The van der Waals surface area contributed by atoms with Gasteiger partial charge in [-0.3, -0.25) is 14.4 Å². The molecule has 2 atom stereocenters. The van der Waals surface area contributed by atoms with Gasteiger partial charge in [-0.1, -0.05) is 39.5 Å². The quantitative estimate of drug-likeness (QED) is 0.323. The summed E-state index contributed by atoms with van der Waals surface area (Å²) in [5.74, 6) is -8.87. The number of hydrogen-bond acceptors (Lipinski definition) is 6. The van der Waals surface area contributed by atoms with Crippen LogP contribution in [0.2, 0.25) is 0 Å². The Morgan fingerprint density at radius 3 is 1.58 bits per heavy atom. The number of ether oxygens (including phenoxy) is 2. The topological polar surface area (TPSA) is 147 Å². The van der Waals surface area contributed by atoms with Gasteiger partial charge in [-0.2, -0.15) is 0 Å². The van der Waals surface area contributed by atoms with Crippen molar-refractivity contribution in [1.82, 2.24) is 0 Å². The number of carbonyl (C=O) groups is 4. The zero-order chi connectivity index (χ0) is 20.5. The van der Waals surface area contributed by atoms with Crippen molar-refractivity contribution < 1.29 is 44.0 Å². The van der Waals surface area contributed by atoms with Crippen LogP contribution in [0.15, 0.2) is 0 Å². The zero-order valence-corrected chi connectivity index (χ0v) is 15.6. The Bertz CT molecular complexity index is 520. The van der Waals surface area contributed by atoms with Gasteiger partial charge in [-0.15, -0.1) is 0 Å². The van der Waals surface area contributed by atoms with E-state index in [-0.39, 0.29) is 12.8 Å². The van der Waals surface area contributed by atoms with Crippen molar-refractivity contribution in [2.45, 2.75) is 58.0 Å². The molecule has 26 heavy (non-hydrogen) atoms. The number of hydrogen-bond donors (Lipinski definition) is 3. The summed E-state index contributed by atoms with van der Waals surface area (Å²) in [6.07, 6.45) is 1.44. The van der Waals surface area contributed by atoms with Crippen LogP contribution >= 0.6 is 0 Å². The van der Waals surface area contributed by atoms with E-state index in [4.69, 9.17) is 4.74 Å². The summed E-state index contributed by atoms with van der Waals surface area (Å²) in [6, 6.07) is 0. The van der Waals surface area contributed by atoms with E-state index in [0.717, 1.165) is 14.2 Å². The molecule has 0 spiro atoms. The average molecular weight is 376 g/mol. The summed E-state index contributed by atoms with van der Waals surface area (Å²) < 4.78 is 9.56. The van der Waals surface area contributed by atoms with E-state index in [1.165, 1.54) is 0 Å². The van der Waals surface area contributed by atoms with Gasteiger partial charge >= 0.3 is 23.9 Å². The second-order valence-corrected chi connectivity index (χ2v) is 6.13. The highest BCUT2D eigenvalue weighted by atomic mass is 16.5. The molecule has 0 bridgehead atoms. The predicted molar refractivity (Wildman–Crippen MR) is 89.6 cm³/mol. The maximum atomic E-state index is 12.3. The molecule has 0 aliphatic heterocycles. The molecule has 2 unspecified atom stereocenters. The molecule has 0 saturated heterocycles. The van der Waals surface area contributed by atoms with E-state index < -0.39 is 40.8 Å². The van der Waals surface area contributed by atoms with E-state index >= 15 is 0 Å². The van der Waals surface area contributed by atoms with Crippen molar-refractivity contribution in [3.63, 3.8) is 0 Å². The smallest absolute Gasteiger partial charge is 0.338 e. The summed E-state index contributed by atoms with van der Waals surface area (Å²) >= 11 is 0. The van der Waals surface area contributed by atoms with E-state index in [0.29, 0.717) is 25.7 Å². The minimum Gasteiger partial charge on any atom is -0.481 e. The second-order valence-electron chi connectivity index (χ2n) is 6.13. The molecule has 0 aromatic rings. The fourth-order valence-corrected chi connectivity index (χ4v) is 3.39. The molecule has 150 valence electrons. The maximum absolute atomic E-state index is 12.3. The lowest BCUT2D eigenvalue weighted by Crippen LogP contribution is -2.67. The minimum absolute atomic E-state index is 0.153. The molecule has 3 N–H and O–H groups in total. The molecule has 0 amide bonds. The largest absolute Gasteiger partial charge is 0.481 e. The molecular weight excluding hydrogens is 348 g/mol. The number of unbranched alkanes of at least 4 members (excludes halogenated alkanes) is 2. The van der Waals surface area contributed by atoms with Crippen molar-refractivity contribution in [3.8, 4) is 0 Å². The molecular formula is C17H28O9. The third kappa shape index (κ3) is 4.14. The van der Waals surface area contributed by atoms with Gasteiger partial charge in [0.2, 0.25) is 5.60 Å². The molecule has 9 nitrogen and oxygen atoms in total. The van der Waals surface area contributed by atoms with Gasteiger partial charge in [-0.25, -0.2) is 4.79 Å². The predicted octanol–water partition coefficient (Wildman–Crippen LogP) is 1.78. The van der Waals surface area contributed by atoms with Crippen molar-refractivity contribution in [1.29, 1.82) is 0 Å². The van der Waals surface area contributed by atoms with Crippen LogP contribution in [0.4, 0.5) is 0 Å². The van der Waals surface area contributed by atoms with Gasteiger partial charge in [-0.05, 0) is 12.8 Å². The molecule has 0 rings (SSSR count). The first kappa shape index (κ1) is 23.8. The van der Waals surface area contributed by atoms with Gasteiger partial charge in [0.1, 0.15) is 5.41 Å². The number of carboxylic acids is 3. The molecule has 0 aromatic carbocycles. The number of esters is 1. The van der Waals surface area contributed by atoms with Crippen molar-refractivity contribution in [3.05, 3.63) is 0 Å². The lowest BCUT2D eigenvalue weighted by atomic mass is 9.60. The number of carbonyl (C=O) groups excluding carboxylic acids is 1. The summed E-state index contributed by atoms with van der Waals surface area (Å²) in [4.78, 5) is 48.5. The first-order valence-electron chi connectivity index (χ1n) is 8.45. The third-order valence-electron chi connectivity index (χ3n) is 4.76. The number of carboxylic acid groups (broad SMARTS) is 3. The molecule has 9 heteroatoms. The van der Waals surface area contributed by atoms with Gasteiger partial charge in [0.05, 0.1) is 7.11 Å². The van der Waals surface area contributed by atoms with E-state index in [9.17, 15) is 34.5 Å². The second kappa shape index (κ2) is 10.1. The maximum Gasteiger partial charge on any atom is 0.338 e. The monoisotopic (exact) mass is 376 g/mol. The molecule has 0 radical (unpaired) electrons. The van der Waals surface area contributed by atoms with Crippen LogP contribution in [-0.2, 0) is 28.7 Å². The normalized spacial score (nSPS) is 14.9. The fourth-order valence-electron chi connectivity index (χ4n) is 3.39. The van der Waals surface area contributed by atoms with Crippen LogP contribution < -0.4 is 0 Å². The number of aliphatic carboxylic acids is 3. The summed E-state index contributed by atoms with van der Waals surface area (Å²) in [5.41, 5.74) is -4.93. The third-order valence-corrected chi connectivity index (χ3v) is 4.76. The SMILES string of the molecule is CCCCC(CCCC)(C(=O)O)C(OC)(C(=O)O)C(C(=O)O)C(=O)OC. The average Bonchev–Trinajstić information content (AvgIpc) is 2.58. The molecule has 0 aliphatic carbocycles. The van der Waals surface area contributed by atoms with Crippen LogP contribution in [-0.4, -0.2) is 59.0 Å². The van der Waals surface area contributed by atoms with Gasteiger partial charge in [0.25, 0.3) is 0 Å². The van der Waals surface area contributed by atoms with Crippen LogP contribution in [0.3, 0.4) is 0 Å². The highest BCUT2D eigenvalue weighted by molar-refractivity contribution is 6.04. The van der Waals surface area contributed by atoms with Crippen LogP contribution in [0.25, 0.3) is 0 Å². The van der Waals surface area contributed by atoms with Gasteiger partial charge < -0.3 is 24.8 Å². The fraction of sp³-hybridized carbons (Fsp3) is 0.765. The number of methoxy groups -OCH3 is 2. The van der Waals surface area contributed by atoms with Crippen LogP contribution in [0.5, 0.6) is 0 Å². The van der Waals surface area contributed by atoms with E-state index in [2.05, 4.69) is 4.74 Å². The Labute approximate surface area is 152 Å². The van der Waals surface area contributed by atoms with Gasteiger partial charge in [0, 0.05) is 7.11 Å². The molecule has 0 heterocycles. The van der Waals surface area contributed by atoms with Crippen molar-refractivity contribution in [2.75, 3.05) is 14.2 Å².